The second kappa shape index (κ2) is 7.33. The van der Waals surface area contributed by atoms with Gasteiger partial charge in [-0.1, -0.05) is 11.6 Å². The van der Waals surface area contributed by atoms with Gasteiger partial charge in [-0.15, -0.1) is 10.2 Å². The maximum atomic E-state index is 12.4. The van der Waals surface area contributed by atoms with E-state index >= 15 is 0 Å². The highest BCUT2D eigenvalue weighted by molar-refractivity contribution is 7.92. The summed E-state index contributed by atoms with van der Waals surface area (Å²) in [6.45, 7) is 1.78. The minimum atomic E-state index is -3.85. The summed E-state index contributed by atoms with van der Waals surface area (Å²) in [4.78, 5) is 12.3. The highest BCUT2D eigenvalue weighted by atomic mass is 35.5. The van der Waals surface area contributed by atoms with Crippen LogP contribution in [0.25, 0.3) is 0 Å². The summed E-state index contributed by atoms with van der Waals surface area (Å²) in [5.41, 5.74) is 1.62. The van der Waals surface area contributed by atoms with E-state index in [-0.39, 0.29) is 21.8 Å². The van der Waals surface area contributed by atoms with Crippen molar-refractivity contribution in [2.24, 2.45) is 7.05 Å². The van der Waals surface area contributed by atoms with Crippen molar-refractivity contribution in [3.8, 4) is 0 Å². The zero-order valence-corrected chi connectivity index (χ0v) is 15.9. The van der Waals surface area contributed by atoms with Crippen LogP contribution in [-0.2, 0) is 17.1 Å². The van der Waals surface area contributed by atoms with Gasteiger partial charge < -0.3 is 5.32 Å². The van der Waals surface area contributed by atoms with Crippen LogP contribution in [0.1, 0.15) is 16.1 Å². The van der Waals surface area contributed by atoms with Crippen LogP contribution in [0.2, 0.25) is 5.15 Å². The van der Waals surface area contributed by atoms with Crippen molar-refractivity contribution in [3.63, 3.8) is 0 Å². The van der Waals surface area contributed by atoms with E-state index in [4.69, 9.17) is 11.6 Å². The Morgan fingerprint density at radius 1 is 1.11 bits per heavy atom. The minimum absolute atomic E-state index is 0.00908. The Hall–Kier alpha value is -2.98. The van der Waals surface area contributed by atoms with E-state index in [1.165, 1.54) is 42.6 Å². The summed E-state index contributed by atoms with van der Waals surface area (Å²) in [5.74, 6) is -0.283. The van der Waals surface area contributed by atoms with E-state index in [9.17, 15) is 13.2 Å². The fourth-order valence-corrected chi connectivity index (χ4v) is 3.30. The maximum absolute atomic E-state index is 12.4. The molecule has 0 aliphatic rings. The third kappa shape index (κ3) is 4.23. The average molecular weight is 407 g/mol. The zero-order valence-electron chi connectivity index (χ0n) is 14.3. The Morgan fingerprint density at radius 3 is 2.37 bits per heavy atom. The first-order valence-electron chi connectivity index (χ1n) is 7.68. The first-order valence-corrected chi connectivity index (χ1v) is 9.54. The highest BCUT2D eigenvalue weighted by Gasteiger charge is 2.16. The van der Waals surface area contributed by atoms with Crippen LogP contribution >= 0.6 is 11.6 Å². The van der Waals surface area contributed by atoms with Crippen molar-refractivity contribution < 1.29 is 13.2 Å². The van der Waals surface area contributed by atoms with Crippen molar-refractivity contribution in [2.75, 3.05) is 10.0 Å². The topological polar surface area (TPSA) is 119 Å². The van der Waals surface area contributed by atoms with Gasteiger partial charge in [-0.2, -0.15) is 5.10 Å². The fourth-order valence-electron chi connectivity index (χ4n) is 2.20. The SMILES string of the molecule is Cc1c(C(=O)Nc2ccc(S(=O)(=O)Nc3ccc(Cl)nn3)cc2)cnn1C. The average Bonchev–Trinajstić information content (AvgIpc) is 2.96. The second-order valence-electron chi connectivity index (χ2n) is 5.59. The molecule has 0 aliphatic heterocycles. The molecule has 2 N–H and O–H groups in total. The molecule has 2 aromatic heterocycles. The number of aromatic nitrogens is 4. The number of hydrogen-bond donors (Lipinski definition) is 2. The first kappa shape index (κ1) is 18.8. The molecule has 140 valence electrons. The molecular formula is C16H15ClN6O3S. The van der Waals surface area contributed by atoms with Crippen LogP contribution in [-0.4, -0.2) is 34.3 Å². The molecule has 0 bridgehead atoms. The van der Waals surface area contributed by atoms with Gasteiger partial charge >= 0.3 is 0 Å². The number of hydrogen-bond acceptors (Lipinski definition) is 6. The number of aryl methyl sites for hydroxylation is 1. The molecule has 0 saturated heterocycles. The molecule has 0 unspecified atom stereocenters. The molecule has 11 heteroatoms. The van der Waals surface area contributed by atoms with Crippen LogP contribution < -0.4 is 10.0 Å². The lowest BCUT2D eigenvalue weighted by molar-refractivity contribution is 0.102. The number of sulfonamides is 1. The van der Waals surface area contributed by atoms with E-state index < -0.39 is 10.0 Å². The molecule has 1 aromatic carbocycles. The van der Waals surface area contributed by atoms with Crippen molar-refractivity contribution in [1.29, 1.82) is 0 Å². The van der Waals surface area contributed by atoms with Gasteiger partial charge in [0.05, 0.1) is 16.7 Å². The van der Waals surface area contributed by atoms with Gasteiger partial charge in [0.25, 0.3) is 15.9 Å². The minimum Gasteiger partial charge on any atom is -0.322 e. The molecule has 2 heterocycles. The molecule has 3 aromatic rings. The Labute approximate surface area is 160 Å². The molecule has 27 heavy (non-hydrogen) atoms. The normalized spacial score (nSPS) is 11.2. The Morgan fingerprint density at radius 2 is 1.81 bits per heavy atom. The molecular weight excluding hydrogens is 392 g/mol. The number of carbonyl (C=O) groups is 1. The van der Waals surface area contributed by atoms with E-state index in [1.807, 2.05) is 0 Å². The van der Waals surface area contributed by atoms with Gasteiger partial charge in [-0.25, -0.2) is 8.42 Å². The lowest BCUT2D eigenvalue weighted by atomic mass is 10.2. The summed E-state index contributed by atoms with van der Waals surface area (Å²) < 4.78 is 28.7. The van der Waals surface area contributed by atoms with Crippen LogP contribution in [0.3, 0.4) is 0 Å². The third-order valence-corrected chi connectivity index (χ3v) is 5.35. The van der Waals surface area contributed by atoms with E-state index in [0.29, 0.717) is 11.3 Å². The van der Waals surface area contributed by atoms with Crippen molar-refractivity contribution in [2.45, 2.75) is 11.8 Å². The summed E-state index contributed by atoms with van der Waals surface area (Å²) in [6.07, 6.45) is 1.47. The molecule has 0 radical (unpaired) electrons. The number of halogens is 1. The predicted molar refractivity (Wildman–Crippen MR) is 100 cm³/mol. The largest absolute Gasteiger partial charge is 0.322 e. The Balaban J connectivity index is 1.73. The number of carbonyl (C=O) groups excluding carboxylic acids is 1. The Kier molecular flexibility index (Phi) is 5.10. The van der Waals surface area contributed by atoms with Crippen molar-refractivity contribution in [1.82, 2.24) is 20.0 Å². The Bertz CT molecular complexity index is 1080. The van der Waals surface area contributed by atoms with Gasteiger partial charge in [0.1, 0.15) is 0 Å². The number of amides is 1. The van der Waals surface area contributed by atoms with Gasteiger partial charge in [-0.3, -0.25) is 14.2 Å². The molecule has 3 rings (SSSR count). The number of nitrogens with one attached hydrogen (secondary N) is 2. The molecule has 1 amide bonds. The van der Waals surface area contributed by atoms with Crippen LogP contribution in [0, 0.1) is 6.92 Å². The number of anilines is 2. The van der Waals surface area contributed by atoms with E-state index in [1.54, 1.807) is 18.7 Å². The predicted octanol–water partition coefficient (Wildman–Crippen LogP) is 2.23. The monoisotopic (exact) mass is 406 g/mol. The van der Waals surface area contributed by atoms with Crippen molar-refractivity contribution in [3.05, 3.63) is 59.0 Å². The summed E-state index contributed by atoms with van der Waals surface area (Å²) >= 11 is 5.62. The van der Waals surface area contributed by atoms with Crippen molar-refractivity contribution >= 4 is 39.0 Å². The number of benzene rings is 1. The molecule has 0 spiro atoms. The maximum Gasteiger partial charge on any atom is 0.263 e. The van der Waals surface area contributed by atoms with Gasteiger partial charge in [0.15, 0.2) is 11.0 Å². The summed E-state index contributed by atoms with van der Waals surface area (Å²) in [5, 5.41) is 14.1. The fraction of sp³-hybridized carbons (Fsp3) is 0.125. The molecule has 0 fully saturated rings. The lowest BCUT2D eigenvalue weighted by Crippen LogP contribution is -2.15. The summed E-state index contributed by atoms with van der Waals surface area (Å²) in [7, 11) is -2.11. The van der Waals surface area contributed by atoms with E-state index in [0.717, 1.165) is 5.69 Å². The second-order valence-corrected chi connectivity index (χ2v) is 7.66. The number of rotatable bonds is 5. The lowest BCUT2D eigenvalue weighted by Gasteiger charge is -2.08. The number of nitrogens with zero attached hydrogens (tertiary/aromatic N) is 4. The first-order chi connectivity index (χ1) is 12.8. The standard InChI is InChI=1S/C16H15ClN6O3S/c1-10-13(9-18-23(10)2)16(24)19-11-3-5-12(6-4-11)27(25,26)22-15-8-7-14(17)20-21-15/h3-9H,1-2H3,(H,19,24)(H,21,22). The van der Waals surface area contributed by atoms with Crippen LogP contribution in [0.4, 0.5) is 11.5 Å². The van der Waals surface area contributed by atoms with Gasteiger partial charge in [0, 0.05) is 18.4 Å². The molecule has 0 atom stereocenters. The smallest absolute Gasteiger partial charge is 0.263 e. The quantitative estimate of drug-likeness (QED) is 0.670. The highest BCUT2D eigenvalue weighted by Crippen LogP contribution is 2.18. The van der Waals surface area contributed by atoms with Crippen LogP contribution in [0.5, 0.6) is 0 Å². The molecule has 0 aliphatic carbocycles. The van der Waals surface area contributed by atoms with Crippen LogP contribution in [0.15, 0.2) is 47.5 Å². The van der Waals surface area contributed by atoms with Gasteiger partial charge in [-0.05, 0) is 43.3 Å². The van der Waals surface area contributed by atoms with Gasteiger partial charge in [0.2, 0.25) is 0 Å². The van der Waals surface area contributed by atoms with E-state index in [2.05, 4.69) is 25.3 Å². The molecule has 9 nitrogen and oxygen atoms in total. The zero-order chi connectivity index (χ0) is 19.6. The third-order valence-electron chi connectivity index (χ3n) is 3.77. The summed E-state index contributed by atoms with van der Waals surface area (Å²) in [6, 6.07) is 8.55. The molecule has 0 saturated carbocycles.